The molecule has 0 atom stereocenters. The van der Waals surface area contributed by atoms with E-state index in [9.17, 15) is 0 Å². The lowest BCUT2D eigenvalue weighted by Gasteiger charge is -2.11. The number of aliphatic imine (C=N–C) groups is 1. The SMILES string of the molecule is CCCN=C(NCC)NCCOCCC(C)C. The fourth-order valence-electron chi connectivity index (χ4n) is 1.23. The summed E-state index contributed by atoms with van der Waals surface area (Å²) in [5, 5.41) is 6.47. The molecule has 0 radical (unpaired) electrons. The van der Waals surface area contributed by atoms with E-state index in [4.69, 9.17) is 4.74 Å². The Kier molecular flexibility index (Phi) is 11.2. The average Bonchev–Trinajstić information content (AvgIpc) is 2.29. The van der Waals surface area contributed by atoms with Crippen LogP contribution >= 0.6 is 0 Å². The fraction of sp³-hybridized carbons (Fsp3) is 0.923. The summed E-state index contributed by atoms with van der Waals surface area (Å²) in [6, 6.07) is 0. The van der Waals surface area contributed by atoms with Gasteiger partial charge in [-0.05, 0) is 25.7 Å². The normalized spacial score (nSPS) is 11.9. The predicted octanol–water partition coefficient (Wildman–Crippen LogP) is 2.01. The van der Waals surface area contributed by atoms with E-state index in [2.05, 4.69) is 43.3 Å². The van der Waals surface area contributed by atoms with Gasteiger partial charge in [-0.3, -0.25) is 4.99 Å². The van der Waals surface area contributed by atoms with Gasteiger partial charge in [0.25, 0.3) is 0 Å². The Labute approximate surface area is 106 Å². The van der Waals surface area contributed by atoms with E-state index in [1.807, 2.05) is 0 Å². The summed E-state index contributed by atoms with van der Waals surface area (Å²) in [7, 11) is 0. The van der Waals surface area contributed by atoms with E-state index in [1.165, 1.54) is 0 Å². The van der Waals surface area contributed by atoms with Crippen molar-refractivity contribution in [1.29, 1.82) is 0 Å². The first-order valence-electron chi connectivity index (χ1n) is 6.80. The Morgan fingerprint density at radius 2 is 1.94 bits per heavy atom. The highest BCUT2D eigenvalue weighted by Gasteiger charge is 1.96. The molecule has 4 heteroatoms. The summed E-state index contributed by atoms with van der Waals surface area (Å²) in [6.45, 7) is 12.8. The van der Waals surface area contributed by atoms with Crippen molar-refractivity contribution in [3.63, 3.8) is 0 Å². The van der Waals surface area contributed by atoms with Crippen LogP contribution in [0, 0.1) is 5.92 Å². The van der Waals surface area contributed by atoms with Gasteiger partial charge in [0.05, 0.1) is 6.61 Å². The predicted molar refractivity (Wildman–Crippen MR) is 74.5 cm³/mol. The maximum atomic E-state index is 5.53. The van der Waals surface area contributed by atoms with E-state index in [-0.39, 0.29) is 0 Å². The maximum Gasteiger partial charge on any atom is 0.191 e. The second-order valence-electron chi connectivity index (χ2n) is 4.48. The quantitative estimate of drug-likeness (QED) is 0.370. The van der Waals surface area contributed by atoms with Crippen molar-refractivity contribution in [1.82, 2.24) is 10.6 Å². The molecule has 0 unspecified atom stereocenters. The molecule has 0 aromatic rings. The highest BCUT2D eigenvalue weighted by molar-refractivity contribution is 5.79. The first kappa shape index (κ1) is 16.2. The summed E-state index contributed by atoms with van der Waals surface area (Å²) < 4.78 is 5.53. The molecule has 0 aromatic carbocycles. The zero-order chi connectivity index (χ0) is 12.9. The minimum Gasteiger partial charge on any atom is -0.380 e. The molecule has 0 amide bonds. The summed E-state index contributed by atoms with van der Waals surface area (Å²) in [6.07, 6.45) is 2.20. The smallest absolute Gasteiger partial charge is 0.191 e. The molecule has 0 aliphatic heterocycles. The molecule has 0 spiro atoms. The fourth-order valence-corrected chi connectivity index (χ4v) is 1.23. The first-order valence-corrected chi connectivity index (χ1v) is 6.80. The molecule has 0 heterocycles. The van der Waals surface area contributed by atoms with Crippen molar-refractivity contribution in [3.8, 4) is 0 Å². The summed E-state index contributed by atoms with van der Waals surface area (Å²) in [5.41, 5.74) is 0. The molecule has 0 saturated heterocycles. The molecular weight excluding hydrogens is 214 g/mol. The molecule has 2 N–H and O–H groups in total. The monoisotopic (exact) mass is 243 g/mol. The minimum atomic E-state index is 0.714. The van der Waals surface area contributed by atoms with Crippen LogP contribution in [0.2, 0.25) is 0 Å². The van der Waals surface area contributed by atoms with Crippen LogP contribution in [0.25, 0.3) is 0 Å². The van der Waals surface area contributed by atoms with E-state index in [0.717, 1.165) is 51.6 Å². The molecular formula is C13H29N3O. The maximum absolute atomic E-state index is 5.53. The molecule has 0 aromatic heterocycles. The second kappa shape index (κ2) is 11.7. The van der Waals surface area contributed by atoms with Gasteiger partial charge in [-0.2, -0.15) is 0 Å². The number of nitrogens with zero attached hydrogens (tertiary/aromatic N) is 1. The third-order valence-electron chi connectivity index (χ3n) is 2.22. The van der Waals surface area contributed by atoms with Crippen molar-refractivity contribution in [2.45, 2.75) is 40.5 Å². The summed E-state index contributed by atoms with van der Waals surface area (Å²) in [5.74, 6) is 1.60. The first-order chi connectivity index (χ1) is 8.20. The lowest BCUT2D eigenvalue weighted by atomic mass is 10.1. The van der Waals surface area contributed by atoms with Crippen LogP contribution in [0.15, 0.2) is 4.99 Å². The van der Waals surface area contributed by atoms with Gasteiger partial charge in [0.2, 0.25) is 0 Å². The Bertz CT molecular complexity index is 193. The van der Waals surface area contributed by atoms with Crippen LogP contribution in [-0.4, -0.2) is 38.8 Å². The number of rotatable bonds is 9. The van der Waals surface area contributed by atoms with Crippen molar-refractivity contribution in [3.05, 3.63) is 0 Å². The zero-order valence-electron chi connectivity index (χ0n) is 11.9. The number of nitrogens with one attached hydrogen (secondary N) is 2. The molecule has 102 valence electrons. The van der Waals surface area contributed by atoms with Gasteiger partial charge < -0.3 is 15.4 Å². The second-order valence-corrected chi connectivity index (χ2v) is 4.48. The molecule has 0 fully saturated rings. The highest BCUT2D eigenvalue weighted by Crippen LogP contribution is 1.98. The van der Waals surface area contributed by atoms with Crippen LogP contribution in [0.3, 0.4) is 0 Å². The zero-order valence-corrected chi connectivity index (χ0v) is 11.9. The van der Waals surface area contributed by atoms with Crippen LogP contribution < -0.4 is 10.6 Å². The van der Waals surface area contributed by atoms with E-state index >= 15 is 0 Å². The molecule has 17 heavy (non-hydrogen) atoms. The standard InChI is InChI=1S/C13H29N3O/c1-5-8-15-13(14-6-2)16-9-11-17-10-7-12(3)4/h12H,5-11H2,1-4H3,(H2,14,15,16). The number of hydrogen-bond donors (Lipinski definition) is 2. The van der Waals surface area contributed by atoms with Crippen LogP contribution in [-0.2, 0) is 4.74 Å². The lowest BCUT2D eigenvalue weighted by molar-refractivity contribution is 0.128. The van der Waals surface area contributed by atoms with Gasteiger partial charge in [0.1, 0.15) is 0 Å². The van der Waals surface area contributed by atoms with E-state index < -0.39 is 0 Å². The largest absolute Gasteiger partial charge is 0.380 e. The molecule has 4 nitrogen and oxygen atoms in total. The number of hydrogen-bond acceptors (Lipinski definition) is 2. The van der Waals surface area contributed by atoms with Crippen molar-refractivity contribution >= 4 is 5.96 Å². The molecule has 0 aliphatic carbocycles. The lowest BCUT2D eigenvalue weighted by Crippen LogP contribution is -2.39. The Hall–Kier alpha value is -0.770. The van der Waals surface area contributed by atoms with Crippen molar-refractivity contribution in [2.75, 3.05) is 32.8 Å². The average molecular weight is 243 g/mol. The topological polar surface area (TPSA) is 45.7 Å². The Morgan fingerprint density at radius 1 is 1.18 bits per heavy atom. The van der Waals surface area contributed by atoms with Gasteiger partial charge >= 0.3 is 0 Å². The molecule has 0 saturated carbocycles. The molecule has 0 aliphatic rings. The summed E-state index contributed by atoms with van der Waals surface area (Å²) >= 11 is 0. The third kappa shape index (κ3) is 11.5. The number of ether oxygens (including phenoxy) is 1. The van der Waals surface area contributed by atoms with Crippen LogP contribution in [0.4, 0.5) is 0 Å². The molecule has 0 bridgehead atoms. The number of guanidine groups is 1. The van der Waals surface area contributed by atoms with Crippen molar-refractivity contribution < 1.29 is 4.74 Å². The molecule has 0 rings (SSSR count). The van der Waals surface area contributed by atoms with Crippen molar-refractivity contribution in [2.24, 2.45) is 10.9 Å². The minimum absolute atomic E-state index is 0.714. The Morgan fingerprint density at radius 3 is 2.53 bits per heavy atom. The Balaban J connectivity index is 3.54. The van der Waals surface area contributed by atoms with Gasteiger partial charge in [-0.15, -0.1) is 0 Å². The van der Waals surface area contributed by atoms with Gasteiger partial charge in [0.15, 0.2) is 5.96 Å². The third-order valence-corrected chi connectivity index (χ3v) is 2.22. The summed E-state index contributed by atoms with van der Waals surface area (Å²) in [4.78, 5) is 4.42. The van der Waals surface area contributed by atoms with Crippen LogP contribution in [0.1, 0.15) is 40.5 Å². The van der Waals surface area contributed by atoms with Gasteiger partial charge in [-0.25, -0.2) is 0 Å². The van der Waals surface area contributed by atoms with E-state index in [1.54, 1.807) is 0 Å². The van der Waals surface area contributed by atoms with E-state index in [0.29, 0.717) is 5.92 Å². The van der Waals surface area contributed by atoms with Gasteiger partial charge in [-0.1, -0.05) is 20.8 Å². The highest BCUT2D eigenvalue weighted by atomic mass is 16.5. The van der Waals surface area contributed by atoms with Gasteiger partial charge in [0, 0.05) is 26.2 Å². The van der Waals surface area contributed by atoms with Crippen LogP contribution in [0.5, 0.6) is 0 Å².